The topological polar surface area (TPSA) is 125 Å². The summed E-state index contributed by atoms with van der Waals surface area (Å²) in [5.41, 5.74) is 5.59. The van der Waals surface area contributed by atoms with Crippen LogP contribution in [-0.2, 0) is 24.3 Å². The third-order valence-corrected chi connectivity index (χ3v) is 4.07. The molecule has 0 saturated carbocycles. The smallest absolute Gasteiger partial charge is 0.339 e. The number of nitrogen functional groups attached to an aromatic ring is 1. The molecule has 0 radical (unpaired) electrons. The van der Waals surface area contributed by atoms with Gasteiger partial charge in [0, 0.05) is 12.2 Å². The highest BCUT2D eigenvalue weighted by Crippen LogP contribution is 2.19. The average Bonchev–Trinajstić information content (AvgIpc) is 2.45. The maximum atomic E-state index is 12.1. The first-order valence-electron chi connectivity index (χ1n) is 5.86. The third kappa shape index (κ3) is 4.43. The number of nitrogens with two attached hydrogens (primary N) is 1. The second-order valence-electron chi connectivity index (χ2n) is 3.97. The zero-order chi connectivity index (χ0) is 16.0. The van der Waals surface area contributed by atoms with E-state index in [-0.39, 0.29) is 29.1 Å². The zero-order valence-electron chi connectivity index (χ0n) is 11.6. The van der Waals surface area contributed by atoms with Crippen molar-refractivity contribution < 1.29 is 27.5 Å². The summed E-state index contributed by atoms with van der Waals surface area (Å²) in [6, 6.07) is 3.75. The number of benzene rings is 1. The SMILES string of the molecule is COC(=O)CCNS(=O)(=O)c1ccc(N)cc1C(=O)OC. The highest BCUT2D eigenvalue weighted by Gasteiger charge is 2.23. The molecule has 1 aromatic carbocycles. The van der Waals surface area contributed by atoms with Crippen molar-refractivity contribution in [3.8, 4) is 0 Å². The number of sulfonamides is 1. The largest absolute Gasteiger partial charge is 0.469 e. The van der Waals surface area contributed by atoms with Crippen molar-refractivity contribution in [3.05, 3.63) is 23.8 Å². The van der Waals surface area contributed by atoms with E-state index in [1.807, 2.05) is 0 Å². The number of rotatable bonds is 6. The molecule has 0 aromatic heterocycles. The fraction of sp³-hybridized carbons (Fsp3) is 0.333. The minimum atomic E-state index is -3.98. The van der Waals surface area contributed by atoms with Crippen LogP contribution in [0.4, 0.5) is 5.69 Å². The number of hydrogen-bond acceptors (Lipinski definition) is 7. The van der Waals surface area contributed by atoms with Gasteiger partial charge in [-0.15, -0.1) is 0 Å². The lowest BCUT2D eigenvalue weighted by molar-refractivity contribution is -0.140. The molecule has 0 aliphatic rings. The Balaban J connectivity index is 3.02. The van der Waals surface area contributed by atoms with Crippen molar-refractivity contribution in [2.45, 2.75) is 11.3 Å². The Morgan fingerprint density at radius 3 is 2.48 bits per heavy atom. The van der Waals surface area contributed by atoms with Gasteiger partial charge in [-0.05, 0) is 18.2 Å². The molecule has 21 heavy (non-hydrogen) atoms. The monoisotopic (exact) mass is 316 g/mol. The molecular weight excluding hydrogens is 300 g/mol. The van der Waals surface area contributed by atoms with Gasteiger partial charge in [0.1, 0.15) is 0 Å². The number of carbonyl (C=O) groups excluding carboxylic acids is 2. The Bertz CT molecular complexity index is 641. The van der Waals surface area contributed by atoms with Crippen LogP contribution >= 0.6 is 0 Å². The summed E-state index contributed by atoms with van der Waals surface area (Å²) in [5.74, 6) is -1.38. The van der Waals surface area contributed by atoms with E-state index in [4.69, 9.17) is 5.73 Å². The standard InChI is InChI=1S/C12H16N2O6S/c1-19-11(15)5-6-14-21(17,18)10-4-3-8(13)7-9(10)12(16)20-2/h3-4,7,14H,5-6,13H2,1-2H3. The molecule has 0 atom stereocenters. The zero-order valence-corrected chi connectivity index (χ0v) is 12.4. The molecule has 1 aromatic rings. The summed E-state index contributed by atoms with van der Waals surface area (Å²) < 4.78 is 35.4. The van der Waals surface area contributed by atoms with Crippen LogP contribution in [0.1, 0.15) is 16.8 Å². The molecule has 0 saturated heterocycles. The Morgan fingerprint density at radius 1 is 1.24 bits per heavy atom. The fourth-order valence-electron chi connectivity index (χ4n) is 1.52. The maximum absolute atomic E-state index is 12.1. The summed E-state index contributed by atoms with van der Waals surface area (Å²) >= 11 is 0. The summed E-state index contributed by atoms with van der Waals surface area (Å²) in [7, 11) is -1.65. The van der Waals surface area contributed by atoms with Gasteiger partial charge in [-0.1, -0.05) is 0 Å². The summed E-state index contributed by atoms with van der Waals surface area (Å²) in [5, 5.41) is 0. The van der Waals surface area contributed by atoms with E-state index in [2.05, 4.69) is 14.2 Å². The molecule has 0 heterocycles. The number of carbonyl (C=O) groups is 2. The van der Waals surface area contributed by atoms with Gasteiger partial charge in [-0.25, -0.2) is 17.9 Å². The molecule has 116 valence electrons. The van der Waals surface area contributed by atoms with E-state index >= 15 is 0 Å². The molecule has 0 spiro atoms. The van der Waals surface area contributed by atoms with Crippen LogP contribution in [0.2, 0.25) is 0 Å². The number of esters is 2. The molecule has 9 heteroatoms. The van der Waals surface area contributed by atoms with Gasteiger partial charge in [0.25, 0.3) is 0 Å². The van der Waals surface area contributed by atoms with Gasteiger partial charge in [0.15, 0.2) is 0 Å². The molecule has 1 rings (SSSR count). The fourth-order valence-corrected chi connectivity index (χ4v) is 2.72. The highest BCUT2D eigenvalue weighted by molar-refractivity contribution is 7.89. The second-order valence-corrected chi connectivity index (χ2v) is 5.71. The Kier molecular flexibility index (Phi) is 5.68. The van der Waals surface area contributed by atoms with Gasteiger partial charge in [0.05, 0.1) is 31.1 Å². The first-order chi connectivity index (χ1) is 9.81. The Labute approximate surface area is 122 Å². The quantitative estimate of drug-likeness (QED) is 0.554. The van der Waals surface area contributed by atoms with Gasteiger partial charge < -0.3 is 15.2 Å². The summed E-state index contributed by atoms with van der Waals surface area (Å²) in [6.45, 7) is -0.153. The predicted molar refractivity (Wildman–Crippen MR) is 74.0 cm³/mol. The van der Waals surface area contributed by atoms with Crippen molar-refractivity contribution in [2.75, 3.05) is 26.5 Å². The lowest BCUT2D eigenvalue weighted by Gasteiger charge is -2.10. The molecular formula is C12H16N2O6S. The van der Waals surface area contributed by atoms with Crippen molar-refractivity contribution in [1.82, 2.24) is 4.72 Å². The summed E-state index contributed by atoms with van der Waals surface area (Å²) in [4.78, 5) is 22.3. The van der Waals surface area contributed by atoms with Crippen molar-refractivity contribution in [3.63, 3.8) is 0 Å². The first kappa shape index (κ1) is 16.9. The Morgan fingerprint density at radius 2 is 1.90 bits per heavy atom. The van der Waals surface area contributed by atoms with Crippen LogP contribution in [0, 0.1) is 0 Å². The van der Waals surface area contributed by atoms with Gasteiger partial charge in [0.2, 0.25) is 10.0 Å². The number of methoxy groups -OCH3 is 2. The van der Waals surface area contributed by atoms with Crippen LogP contribution in [-0.4, -0.2) is 41.1 Å². The van der Waals surface area contributed by atoms with Crippen molar-refractivity contribution in [2.24, 2.45) is 0 Å². The van der Waals surface area contributed by atoms with Gasteiger partial charge in [-0.2, -0.15) is 0 Å². The lowest BCUT2D eigenvalue weighted by atomic mass is 10.2. The Hall–Kier alpha value is -2.13. The first-order valence-corrected chi connectivity index (χ1v) is 7.34. The van der Waals surface area contributed by atoms with E-state index < -0.39 is 22.0 Å². The average molecular weight is 316 g/mol. The summed E-state index contributed by atoms with van der Waals surface area (Å²) in [6.07, 6.45) is -0.127. The van der Waals surface area contributed by atoms with E-state index in [1.54, 1.807) is 0 Å². The van der Waals surface area contributed by atoms with Crippen LogP contribution in [0.15, 0.2) is 23.1 Å². The molecule has 0 unspecified atom stereocenters. The molecule has 0 bridgehead atoms. The predicted octanol–water partition coefficient (Wildman–Crippen LogP) is -0.103. The number of nitrogens with one attached hydrogen (secondary N) is 1. The minimum absolute atomic E-state index is 0.127. The highest BCUT2D eigenvalue weighted by atomic mass is 32.2. The van der Waals surface area contributed by atoms with Crippen LogP contribution in [0.25, 0.3) is 0 Å². The minimum Gasteiger partial charge on any atom is -0.469 e. The number of anilines is 1. The normalized spacial score (nSPS) is 11.0. The number of hydrogen-bond donors (Lipinski definition) is 2. The molecule has 0 amide bonds. The van der Waals surface area contributed by atoms with Crippen LogP contribution in [0.5, 0.6) is 0 Å². The van der Waals surface area contributed by atoms with Crippen LogP contribution in [0.3, 0.4) is 0 Å². The van der Waals surface area contributed by atoms with E-state index in [1.165, 1.54) is 25.3 Å². The van der Waals surface area contributed by atoms with Crippen LogP contribution < -0.4 is 10.5 Å². The van der Waals surface area contributed by atoms with Gasteiger partial charge in [-0.3, -0.25) is 4.79 Å². The molecule has 8 nitrogen and oxygen atoms in total. The lowest BCUT2D eigenvalue weighted by Crippen LogP contribution is -2.28. The molecule has 0 aliphatic carbocycles. The third-order valence-electron chi connectivity index (χ3n) is 2.55. The van der Waals surface area contributed by atoms with E-state index in [0.29, 0.717) is 0 Å². The van der Waals surface area contributed by atoms with E-state index in [9.17, 15) is 18.0 Å². The molecule has 0 aliphatic heterocycles. The molecule has 0 fully saturated rings. The second kappa shape index (κ2) is 7.04. The van der Waals surface area contributed by atoms with Gasteiger partial charge >= 0.3 is 11.9 Å². The van der Waals surface area contributed by atoms with E-state index in [0.717, 1.165) is 7.11 Å². The van der Waals surface area contributed by atoms with Crippen molar-refractivity contribution in [1.29, 1.82) is 0 Å². The maximum Gasteiger partial charge on any atom is 0.339 e. The molecule has 3 N–H and O–H groups in total. The van der Waals surface area contributed by atoms with Crippen molar-refractivity contribution >= 4 is 27.6 Å². The number of ether oxygens (including phenoxy) is 2.